The summed E-state index contributed by atoms with van der Waals surface area (Å²) in [6.45, 7) is 1.84. The van der Waals surface area contributed by atoms with Crippen LogP contribution >= 0.6 is 12.2 Å². The number of anilines is 1. The van der Waals surface area contributed by atoms with Crippen molar-refractivity contribution in [3.05, 3.63) is 24.3 Å². The van der Waals surface area contributed by atoms with E-state index in [9.17, 15) is 13.2 Å². The lowest BCUT2D eigenvalue weighted by Gasteiger charge is -2.29. The first-order valence-electron chi connectivity index (χ1n) is 6.36. The normalized spacial score (nSPS) is 15.8. The van der Waals surface area contributed by atoms with E-state index < -0.39 is 6.36 Å². The molecule has 2 rings (SSSR count). The molecular formula is C13H15F3N2OS. The largest absolute Gasteiger partial charge is 0.573 e. The first kappa shape index (κ1) is 14.9. The summed E-state index contributed by atoms with van der Waals surface area (Å²) in [5.41, 5.74) is 0.648. The van der Waals surface area contributed by atoms with Crippen LogP contribution in [0, 0.1) is 0 Å². The number of alkyl halides is 3. The minimum Gasteiger partial charge on any atom is -0.406 e. The molecule has 0 unspecified atom stereocenters. The minimum atomic E-state index is -4.67. The number of ether oxygens (including phenoxy) is 1. The van der Waals surface area contributed by atoms with Crippen molar-refractivity contribution in [3.8, 4) is 5.75 Å². The van der Waals surface area contributed by atoms with Gasteiger partial charge in [0, 0.05) is 18.8 Å². The highest BCUT2D eigenvalue weighted by atomic mass is 32.1. The van der Waals surface area contributed by atoms with Crippen molar-refractivity contribution in [2.45, 2.75) is 25.6 Å². The molecule has 1 saturated heterocycles. The lowest BCUT2D eigenvalue weighted by atomic mass is 10.1. The number of hydrogen-bond donors (Lipinski definition) is 1. The molecule has 3 nitrogen and oxygen atoms in total. The van der Waals surface area contributed by atoms with Crippen LogP contribution in [0.1, 0.15) is 19.3 Å². The SMILES string of the molecule is FC(F)(F)Oc1ccc(NC(=S)N2CCCCC2)cc1. The molecule has 1 aromatic carbocycles. The number of halogens is 3. The standard InChI is InChI=1S/C13H15F3N2OS/c14-13(15,16)19-11-6-4-10(5-7-11)17-12(20)18-8-2-1-3-9-18/h4-7H,1-3,8-9H2,(H,17,20). The summed E-state index contributed by atoms with van der Waals surface area (Å²) in [5, 5.41) is 3.63. The summed E-state index contributed by atoms with van der Waals surface area (Å²) < 4.78 is 39.9. The molecule has 7 heteroatoms. The van der Waals surface area contributed by atoms with E-state index in [1.165, 1.54) is 30.7 Å². The summed E-state index contributed by atoms with van der Waals surface area (Å²) in [7, 11) is 0. The molecule has 0 amide bonds. The van der Waals surface area contributed by atoms with Crippen molar-refractivity contribution in [2.24, 2.45) is 0 Å². The number of nitrogens with zero attached hydrogens (tertiary/aromatic N) is 1. The second-order valence-corrected chi connectivity index (χ2v) is 4.94. The van der Waals surface area contributed by atoms with Gasteiger partial charge in [-0.15, -0.1) is 13.2 Å². The predicted octanol–water partition coefficient (Wildman–Crippen LogP) is 3.77. The summed E-state index contributed by atoms with van der Waals surface area (Å²) in [6, 6.07) is 5.54. The van der Waals surface area contributed by atoms with E-state index in [1.54, 1.807) is 0 Å². The van der Waals surface area contributed by atoms with Crippen LogP contribution in [-0.2, 0) is 0 Å². The minimum absolute atomic E-state index is 0.244. The van der Waals surface area contributed by atoms with Gasteiger partial charge in [0.2, 0.25) is 0 Å². The number of thiocarbonyl (C=S) groups is 1. The molecule has 1 fully saturated rings. The van der Waals surface area contributed by atoms with Crippen LogP contribution in [0.5, 0.6) is 5.75 Å². The molecular weight excluding hydrogens is 289 g/mol. The Labute approximate surface area is 120 Å². The number of likely N-dealkylation sites (tertiary alicyclic amines) is 1. The van der Waals surface area contributed by atoms with E-state index in [-0.39, 0.29) is 5.75 Å². The van der Waals surface area contributed by atoms with Gasteiger partial charge in [-0.3, -0.25) is 0 Å². The van der Waals surface area contributed by atoms with Crippen LogP contribution in [0.2, 0.25) is 0 Å². The Morgan fingerprint density at radius 1 is 1.10 bits per heavy atom. The second kappa shape index (κ2) is 6.30. The summed E-state index contributed by atoms with van der Waals surface area (Å²) in [4.78, 5) is 2.07. The lowest BCUT2D eigenvalue weighted by molar-refractivity contribution is -0.274. The van der Waals surface area contributed by atoms with Crippen LogP contribution in [0.25, 0.3) is 0 Å². The fraction of sp³-hybridized carbons (Fsp3) is 0.462. The molecule has 1 aromatic rings. The average Bonchev–Trinajstić information content (AvgIpc) is 2.40. The molecule has 0 aromatic heterocycles. The quantitative estimate of drug-likeness (QED) is 0.841. The molecule has 0 bridgehead atoms. The van der Waals surface area contributed by atoms with E-state index in [0.717, 1.165) is 25.9 Å². The third-order valence-corrected chi connectivity index (χ3v) is 3.34. The van der Waals surface area contributed by atoms with Crippen LogP contribution in [0.15, 0.2) is 24.3 Å². The number of hydrogen-bond acceptors (Lipinski definition) is 2. The van der Waals surface area contributed by atoms with Gasteiger partial charge in [0.15, 0.2) is 5.11 Å². The first-order valence-corrected chi connectivity index (χ1v) is 6.76. The molecule has 0 atom stereocenters. The maximum atomic E-state index is 12.0. The van der Waals surface area contributed by atoms with Crippen LogP contribution < -0.4 is 10.1 Å². The molecule has 20 heavy (non-hydrogen) atoms. The van der Waals surface area contributed by atoms with Crippen LogP contribution in [0.4, 0.5) is 18.9 Å². The Morgan fingerprint density at radius 2 is 1.70 bits per heavy atom. The lowest BCUT2D eigenvalue weighted by Crippen LogP contribution is -2.38. The molecule has 1 heterocycles. The van der Waals surface area contributed by atoms with Gasteiger partial charge < -0.3 is 15.0 Å². The predicted molar refractivity (Wildman–Crippen MR) is 74.8 cm³/mol. The van der Waals surface area contributed by atoms with Crippen molar-refractivity contribution in [1.29, 1.82) is 0 Å². The van der Waals surface area contributed by atoms with Crippen molar-refractivity contribution in [2.75, 3.05) is 18.4 Å². The molecule has 0 aliphatic carbocycles. The molecule has 1 aliphatic rings. The van der Waals surface area contributed by atoms with E-state index >= 15 is 0 Å². The smallest absolute Gasteiger partial charge is 0.406 e. The maximum absolute atomic E-state index is 12.0. The zero-order chi connectivity index (χ0) is 14.6. The molecule has 110 valence electrons. The molecule has 0 saturated carbocycles. The fourth-order valence-electron chi connectivity index (χ4n) is 2.04. The van der Waals surface area contributed by atoms with Crippen molar-refractivity contribution < 1.29 is 17.9 Å². The van der Waals surface area contributed by atoms with Crippen LogP contribution in [0.3, 0.4) is 0 Å². The molecule has 1 aliphatic heterocycles. The monoisotopic (exact) mass is 304 g/mol. The van der Waals surface area contributed by atoms with Crippen molar-refractivity contribution in [1.82, 2.24) is 4.90 Å². The first-order chi connectivity index (χ1) is 9.44. The Hall–Kier alpha value is -1.50. The number of benzene rings is 1. The van der Waals surface area contributed by atoms with Crippen molar-refractivity contribution in [3.63, 3.8) is 0 Å². The number of piperidine rings is 1. The van der Waals surface area contributed by atoms with Gasteiger partial charge in [0.25, 0.3) is 0 Å². The fourth-order valence-corrected chi connectivity index (χ4v) is 2.34. The number of rotatable bonds is 2. The highest BCUT2D eigenvalue weighted by Gasteiger charge is 2.30. The molecule has 0 radical (unpaired) electrons. The number of nitrogens with one attached hydrogen (secondary N) is 1. The second-order valence-electron chi connectivity index (χ2n) is 4.55. The highest BCUT2D eigenvalue weighted by molar-refractivity contribution is 7.80. The highest BCUT2D eigenvalue weighted by Crippen LogP contribution is 2.24. The topological polar surface area (TPSA) is 24.5 Å². The zero-order valence-corrected chi connectivity index (χ0v) is 11.6. The van der Waals surface area contributed by atoms with E-state index in [0.29, 0.717) is 10.8 Å². The maximum Gasteiger partial charge on any atom is 0.573 e. The van der Waals surface area contributed by atoms with Crippen molar-refractivity contribution >= 4 is 23.0 Å². The third-order valence-electron chi connectivity index (χ3n) is 2.98. The van der Waals surface area contributed by atoms with Gasteiger partial charge in [0.05, 0.1) is 0 Å². The van der Waals surface area contributed by atoms with Gasteiger partial charge in [-0.25, -0.2) is 0 Å². The zero-order valence-electron chi connectivity index (χ0n) is 10.7. The van der Waals surface area contributed by atoms with E-state index in [2.05, 4.69) is 15.0 Å². The third kappa shape index (κ3) is 4.56. The average molecular weight is 304 g/mol. The summed E-state index contributed by atoms with van der Waals surface area (Å²) in [5.74, 6) is -0.244. The van der Waals surface area contributed by atoms with Gasteiger partial charge in [-0.2, -0.15) is 0 Å². The van der Waals surface area contributed by atoms with Gasteiger partial charge in [0.1, 0.15) is 5.75 Å². The van der Waals surface area contributed by atoms with Gasteiger partial charge in [-0.05, 0) is 55.7 Å². The van der Waals surface area contributed by atoms with Gasteiger partial charge in [-0.1, -0.05) is 0 Å². The Balaban J connectivity index is 1.91. The Morgan fingerprint density at radius 3 is 2.25 bits per heavy atom. The molecule has 0 spiro atoms. The van der Waals surface area contributed by atoms with Gasteiger partial charge >= 0.3 is 6.36 Å². The Bertz CT molecular complexity index is 456. The summed E-state index contributed by atoms with van der Waals surface area (Å²) >= 11 is 5.28. The van der Waals surface area contributed by atoms with Crippen LogP contribution in [-0.4, -0.2) is 29.5 Å². The summed E-state index contributed by atoms with van der Waals surface area (Å²) in [6.07, 6.45) is -1.24. The van der Waals surface area contributed by atoms with E-state index in [4.69, 9.17) is 12.2 Å². The Kier molecular flexibility index (Phi) is 4.69. The molecule has 1 N–H and O–H groups in total. The van der Waals surface area contributed by atoms with E-state index in [1.807, 2.05) is 0 Å².